The molecule has 2 aromatic heterocycles. The first-order valence-electron chi connectivity index (χ1n) is 11.9. The minimum absolute atomic E-state index is 0.0157. The number of carbonyl (C=O) groups excluding carboxylic acids is 1. The van der Waals surface area contributed by atoms with Crippen molar-refractivity contribution in [2.24, 2.45) is 5.92 Å². The van der Waals surface area contributed by atoms with Crippen LogP contribution in [0.2, 0.25) is 0 Å². The van der Waals surface area contributed by atoms with Gasteiger partial charge >= 0.3 is 0 Å². The lowest BCUT2D eigenvalue weighted by Gasteiger charge is -2.24. The highest BCUT2D eigenvalue weighted by atomic mass is 16.5. The molecular formula is C28H29N5O2. The quantitative estimate of drug-likeness (QED) is 0.458. The van der Waals surface area contributed by atoms with E-state index in [0.717, 1.165) is 23.2 Å². The number of anilines is 2. The van der Waals surface area contributed by atoms with Crippen LogP contribution in [0.25, 0.3) is 10.8 Å². The molecule has 3 heterocycles. The molecule has 1 unspecified atom stereocenters. The van der Waals surface area contributed by atoms with E-state index in [4.69, 9.17) is 4.74 Å². The summed E-state index contributed by atoms with van der Waals surface area (Å²) in [6.45, 7) is 6.23. The maximum atomic E-state index is 13.4. The number of aromatic nitrogens is 3. The molecule has 1 amide bonds. The number of nitrogens with zero attached hydrogens (tertiary/aromatic N) is 4. The Morgan fingerprint density at radius 1 is 1.09 bits per heavy atom. The molecule has 0 aliphatic carbocycles. The van der Waals surface area contributed by atoms with Crippen molar-refractivity contribution < 1.29 is 9.53 Å². The number of fused-ring (bicyclic) bond motifs is 1. The standard InChI is InChI=1S/C28H29N5O2/c1-19-12-27(31-20(2)30-19)32-26-5-3-4-24(15-26)28(34)33-10-11-35-18-22(17-33)13-21-6-7-23-8-9-29-16-25(23)14-21/h3-9,12,14-16,22H,10-11,13,17-18H2,1-2H3,(H,30,31,32). The van der Waals surface area contributed by atoms with Crippen LogP contribution in [0.3, 0.4) is 0 Å². The van der Waals surface area contributed by atoms with Gasteiger partial charge in [-0.25, -0.2) is 9.97 Å². The Bertz CT molecular complexity index is 1340. The van der Waals surface area contributed by atoms with E-state index < -0.39 is 0 Å². The van der Waals surface area contributed by atoms with Crippen molar-refractivity contribution in [1.29, 1.82) is 0 Å². The predicted octanol–water partition coefficient (Wildman–Crippen LogP) is 4.72. The van der Waals surface area contributed by atoms with E-state index in [9.17, 15) is 4.79 Å². The van der Waals surface area contributed by atoms with Crippen molar-refractivity contribution in [2.45, 2.75) is 20.3 Å². The van der Waals surface area contributed by atoms with E-state index in [2.05, 4.69) is 38.5 Å². The van der Waals surface area contributed by atoms with E-state index in [1.807, 2.05) is 67.5 Å². The molecule has 178 valence electrons. The van der Waals surface area contributed by atoms with Crippen molar-refractivity contribution in [3.05, 3.63) is 89.6 Å². The Morgan fingerprint density at radius 2 is 2.00 bits per heavy atom. The fourth-order valence-electron chi connectivity index (χ4n) is 4.62. The zero-order valence-corrected chi connectivity index (χ0v) is 20.1. The number of ether oxygens (including phenoxy) is 1. The molecule has 0 spiro atoms. The van der Waals surface area contributed by atoms with Crippen LogP contribution >= 0.6 is 0 Å². The van der Waals surface area contributed by atoms with E-state index in [1.54, 1.807) is 0 Å². The van der Waals surface area contributed by atoms with Crippen LogP contribution in [0.5, 0.6) is 0 Å². The molecule has 5 rings (SSSR count). The van der Waals surface area contributed by atoms with Gasteiger partial charge in [0, 0.05) is 59.8 Å². The van der Waals surface area contributed by atoms with Crippen molar-refractivity contribution >= 4 is 28.2 Å². The monoisotopic (exact) mass is 467 g/mol. The first-order valence-corrected chi connectivity index (χ1v) is 11.9. The molecule has 7 heteroatoms. The number of nitrogens with one attached hydrogen (secondary N) is 1. The van der Waals surface area contributed by atoms with Gasteiger partial charge in [-0.1, -0.05) is 18.2 Å². The number of benzene rings is 2. The number of pyridine rings is 1. The average molecular weight is 468 g/mol. The van der Waals surface area contributed by atoms with Crippen molar-refractivity contribution in [2.75, 3.05) is 31.6 Å². The Morgan fingerprint density at radius 3 is 2.89 bits per heavy atom. The SMILES string of the molecule is Cc1cc(Nc2cccc(C(=O)N3CCOCC(Cc4ccc5ccncc5c4)C3)c2)nc(C)n1. The van der Waals surface area contributed by atoms with Gasteiger partial charge in [-0.3, -0.25) is 9.78 Å². The molecule has 1 aliphatic heterocycles. The smallest absolute Gasteiger partial charge is 0.254 e. The Hall–Kier alpha value is -3.84. The lowest BCUT2D eigenvalue weighted by Crippen LogP contribution is -2.36. The van der Waals surface area contributed by atoms with E-state index in [1.165, 1.54) is 10.9 Å². The van der Waals surface area contributed by atoms with Gasteiger partial charge in [0.15, 0.2) is 0 Å². The second kappa shape index (κ2) is 10.2. The predicted molar refractivity (Wildman–Crippen MR) is 137 cm³/mol. The van der Waals surface area contributed by atoms with E-state index in [0.29, 0.717) is 43.5 Å². The van der Waals surface area contributed by atoms with E-state index in [-0.39, 0.29) is 11.8 Å². The van der Waals surface area contributed by atoms with Gasteiger partial charge in [-0.15, -0.1) is 0 Å². The topological polar surface area (TPSA) is 80.2 Å². The summed E-state index contributed by atoms with van der Waals surface area (Å²) < 4.78 is 5.88. The molecule has 7 nitrogen and oxygen atoms in total. The number of carbonyl (C=O) groups is 1. The minimum Gasteiger partial charge on any atom is -0.379 e. The molecule has 1 aliphatic rings. The van der Waals surface area contributed by atoms with Crippen LogP contribution in [0.4, 0.5) is 11.5 Å². The summed E-state index contributed by atoms with van der Waals surface area (Å²) in [6, 6.07) is 18.0. The summed E-state index contributed by atoms with van der Waals surface area (Å²) in [7, 11) is 0. The Balaban J connectivity index is 1.29. The average Bonchev–Trinajstić information content (AvgIpc) is 3.08. The lowest BCUT2D eigenvalue weighted by atomic mass is 9.97. The third kappa shape index (κ3) is 5.63. The number of hydrogen-bond donors (Lipinski definition) is 1. The second-order valence-corrected chi connectivity index (χ2v) is 9.10. The Labute approximate surface area is 205 Å². The van der Waals surface area contributed by atoms with Crippen molar-refractivity contribution in [1.82, 2.24) is 19.9 Å². The van der Waals surface area contributed by atoms with Gasteiger partial charge in [0.1, 0.15) is 11.6 Å². The molecule has 1 fully saturated rings. The summed E-state index contributed by atoms with van der Waals surface area (Å²) in [5.41, 5.74) is 3.59. The minimum atomic E-state index is 0.0157. The van der Waals surface area contributed by atoms with Crippen molar-refractivity contribution in [3.63, 3.8) is 0 Å². The summed E-state index contributed by atoms with van der Waals surface area (Å²) in [6.07, 6.45) is 4.55. The molecule has 1 saturated heterocycles. The largest absolute Gasteiger partial charge is 0.379 e. The molecule has 1 N–H and O–H groups in total. The summed E-state index contributed by atoms with van der Waals surface area (Å²) in [5.74, 6) is 1.66. The molecule has 0 radical (unpaired) electrons. The third-order valence-electron chi connectivity index (χ3n) is 6.20. The molecule has 1 atom stereocenters. The number of rotatable bonds is 5. The zero-order valence-electron chi connectivity index (χ0n) is 20.1. The van der Waals surface area contributed by atoms with Crippen LogP contribution < -0.4 is 5.32 Å². The highest BCUT2D eigenvalue weighted by molar-refractivity contribution is 5.95. The van der Waals surface area contributed by atoms with Gasteiger partial charge in [-0.05, 0) is 61.5 Å². The number of hydrogen-bond acceptors (Lipinski definition) is 6. The summed E-state index contributed by atoms with van der Waals surface area (Å²) >= 11 is 0. The first-order chi connectivity index (χ1) is 17.0. The molecule has 0 saturated carbocycles. The molecule has 4 aromatic rings. The normalized spacial score (nSPS) is 16.2. The first kappa shape index (κ1) is 22.9. The maximum Gasteiger partial charge on any atom is 0.254 e. The van der Waals surface area contributed by atoms with Gasteiger partial charge in [0.2, 0.25) is 0 Å². The number of aryl methyl sites for hydroxylation is 2. The molecule has 35 heavy (non-hydrogen) atoms. The second-order valence-electron chi connectivity index (χ2n) is 9.10. The highest BCUT2D eigenvalue weighted by Crippen LogP contribution is 2.22. The lowest BCUT2D eigenvalue weighted by molar-refractivity contribution is 0.0737. The molecule has 2 aromatic carbocycles. The van der Waals surface area contributed by atoms with Gasteiger partial charge in [0.05, 0.1) is 13.2 Å². The fraction of sp³-hybridized carbons (Fsp3) is 0.286. The van der Waals surface area contributed by atoms with Crippen LogP contribution in [-0.4, -0.2) is 52.1 Å². The number of amides is 1. The van der Waals surface area contributed by atoms with Gasteiger partial charge in [-0.2, -0.15) is 0 Å². The third-order valence-corrected chi connectivity index (χ3v) is 6.20. The van der Waals surface area contributed by atoms with Crippen molar-refractivity contribution in [3.8, 4) is 0 Å². The zero-order chi connectivity index (χ0) is 24.2. The van der Waals surface area contributed by atoms with Crippen LogP contribution in [-0.2, 0) is 11.2 Å². The fourth-order valence-corrected chi connectivity index (χ4v) is 4.62. The highest BCUT2D eigenvalue weighted by Gasteiger charge is 2.24. The van der Waals surface area contributed by atoms with E-state index >= 15 is 0 Å². The van der Waals surface area contributed by atoms with Crippen LogP contribution in [0, 0.1) is 19.8 Å². The summed E-state index contributed by atoms with van der Waals surface area (Å²) in [4.78, 5) is 28.4. The molecular weight excluding hydrogens is 438 g/mol. The summed E-state index contributed by atoms with van der Waals surface area (Å²) in [5, 5.41) is 5.61. The van der Waals surface area contributed by atoms with Crippen LogP contribution in [0.15, 0.2) is 67.0 Å². The maximum absolute atomic E-state index is 13.4. The molecule has 0 bridgehead atoms. The Kier molecular flexibility index (Phi) is 6.68. The van der Waals surface area contributed by atoms with Gasteiger partial charge in [0.25, 0.3) is 5.91 Å². The van der Waals surface area contributed by atoms with Crippen LogP contribution in [0.1, 0.15) is 27.4 Å². The van der Waals surface area contributed by atoms with Gasteiger partial charge < -0.3 is 15.0 Å².